The molecule has 0 aliphatic rings. The molecule has 1 N–H and O–H groups in total. The SMILES string of the molecule is COc1cc(/C=N/NC(=O)c2ccccc2C)cc(Br)c1OCc1ccccc1Cl. The van der Waals surface area contributed by atoms with E-state index in [0.717, 1.165) is 16.7 Å². The van der Waals surface area contributed by atoms with E-state index in [4.69, 9.17) is 21.1 Å². The summed E-state index contributed by atoms with van der Waals surface area (Å²) in [6.45, 7) is 2.18. The molecule has 0 bridgehead atoms. The number of hydrazone groups is 1. The lowest BCUT2D eigenvalue weighted by molar-refractivity contribution is 0.0954. The summed E-state index contributed by atoms with van der Waals surface area (Å²) < 4.78 is 12.1. The number of nitrogens with one attached hydrogen (secondary N) is 1. The highest BCUT2D eigenvalue weighted by Crippen LogP contribution is 2.37. The Bertz CT molecular complexity index is 1090. The van der Waals surface area contributed by atoms with Crippen molar-refractivity contribution < 1.29 is 14.3 Å². The first-order chi connectivity index (χ1) is 14.5. The average molecular weight is 488 g/mol. The number of benzene rings is 3. The molecule has 0 heterocycles. The van der Waals surface area contributed by atoms with Crippen molar-refractivity contribution in [2.45, 2.75) is 13.5 Å². The number of rotatable bonds is 7. The van der Waals surface area contributed by atoms with E-state index in [1.807, 2.05) is 55.5 Å². The second-order valence-corrected chi connectivity index (χ2v) is 7.69. The highest BCUT2D eigenvalue weighted by molar-refractivity contribution is 9.10. The van der Waals surface area contributed by atoms with Gasteiger partial charge in [0.05, 0.1) is 17.8 Å². The predicted molar refractivity (Wildman–Crippen MR) is 123 cm³/mol. The molecule has 3 aromatic rings. The Morgan fingerprint density at radius 2 is 1.90 bits per heavy atom. The van der Waals surface area contributed by atoms with Crippen LogP contribution in [0.5, 0.6) is 11.5 Å². The van der Waals surface area contributed by atoms with Crippen LogP contribution in [0, 0.1) is 6.92 Å². The van der Waals surface area contributed by atoms with Crippen molar-refractivity contribution in [2.24, 2.45) is 5.10 Å². The third kappa shape index (κ3) is 5.40. The molecule has 1 amide bonds. The van der Waals surface area contributed by atoms with Gasteiger partial charge in [0.2, 0.25) is 0 Å². The van der Waals surface area contributed by atoms with Crippen molar-refractivity contribution in [3.05, 3.63) is 92.4 Å². The van der Waals surface area contributed by atoms with E-state index in [2.05, 4.69) is 26.5 Å². The molecule has 5 nitrogen and oxygen atoms in total. The van der Waals surface area contributed by atoms with Gasteiger partial charge >= 0.3 is 0 Å². The van der Waals surface area contributed by atoms with Gasteiger partial charge in [-0.05, 0) is 58.2 Å². The van der Waals surface area contributed by atoms with Crippen molar-refractivity contribution in [3.8, 4) is 11.5 Å². The van der Waals surface area contributed by atoms with Crippen molar-refractivity contribution in [1.82, 2.24) is 5.43 Å². The standard InChI is InChI=1S/C23H20BrClN2O3/c1-15-7-3-5-9-18(15)23(28)27-26-13-16-11-19(24)22(21(12-16)29-2)30-14-17-8-4-6-10-20(17)25/h3-13H,14H2,1-2H3,(H,27,28)/b26-13+. The lowest BCUT2D eigenvalue weighted by Gasteiger charge is -2.14. The lowest BCUT2D eigenvalue weighted by atomic mass is 10.1. The van der Waals surface area contributed by atoms with E-state index < -0.39 is 0 Å². The molecule has 0 aliphatic carbocycles. The molecule has 0 aromatic heterocycles. The highest BCUT2D eigenvalue weighted by Gasteiger charge is 2.13. The fraction of sp³-hybridized carbons (Fsp3) is 0.130. The highest BCUT2D eigenvalue weighted by atomic mass is 79.9. The van der Waals surface area contributed by atoms with Gasteiger partial charge in [-0.1, -0.05) is 48.0 Å². The zero-order valence-electron chi connectivity index (χ0n) is 16.5. The van der Waals surface area contributed by atoms with Gasteiger partial charge in [-0.25, -0.2) is 5.43 Å². The Morgan fingerprint density at radius 1 is 1.17 bits per heavy atom. The predicted octanol–water partition coefficient (Wildman–Crippen LogP) is 5.76. The van der Waals surface area contributed by atoms with Gasteiger partial charge in [0.15, 0.2) is 11.5 Å². The van der Waals surface area contributed by atoms with Gasteiger partial charge in [-0.15, -0.1) is 0 Å². The zero-order valence-corrected chi connectivity index (χ0v) is 18.8. The van der Waals surface area contributed by atoms with Gasteiger partial charge in [-0.2, -0.15) is 5.10 Å². The van der Waals surface area contributed by atoms with E-state index in [1.165, 1.54) is 0 Å². The molecule has 0 aliphatic heterocycles. The Hall–Kier alpha value is -2.83. The molecule has 0 fully saturated rings. The summed E-state index contributed by atoms with van der Waals surface area (Å²) in [4.78, 5) is 12.3. The number of carbonyl (C=O) groups excluding carboxylic acids is 1. The van der Waals surface area contributed by atoms with E-state index >= 15 is 0 Å². The van der Waals surface area contributed by atoms with E-state index in [9.17, 15) is 4.79 Å². The number of ether oxygens (including phenoxy) is 2. The second kappa shape index (κ2) is 10.3. The summed E-state index contributed by atoms with van der Waals surface area (Å²) >= 11 is 9.70. The molecule has 0 atom stereocenters. The van der Waals surface area contributed by atoms with Crippen LogP contribution in [0.15, 0.2) is 70.2 Å². The second-order valence-electron chi connectivity index (χ2n) is 6.43. The molecular weight excluding hydrogens is 468 g/mol. The number of aryl methyl sites for hydroxylation is 1. The third-order valence-electron chi connectivity index (χ3n) is 4.35. The number of hydrogen-bond acceptors (Lipinski definition) is 4. The Morgan fingerprint density at radius 3 is 2.63 bits per heavy atom. The molecule has 30 heavy (non-hydrogen) atoms. The molecule has 3 aromatic carbocycles. The molecule has 154 valence electrons. The minimum absolute atomic E-state index is 0.268. The summed E-state index contributed by atoms with van der Waals surface area (Å²) in [5.74, 6) is 0.816. The van der Waals surface area contributed by atoms with Gasteiger partial charge in [0.1, 0.15) is 6.61 Å². The summed E-state index contributed by atoms with van der Waals surface area (Å²) in [5.41, 5.74) is 5.61. The topological polar surface area (TPSA) is 59.9 Å². The number of amides is 1. The number of carbonyl (C=O) groups is 1. The van der Waals surface area contributed by atoms with Crippen LogP contribution in [0.25, 0.3) is 0 Å². The molecule has 7 heteroatoms. The Balaban J connectivity index is 1.72. The number of nitrogens with zero attached hydrogens (tertiary/aromatic N) is 1. The summed E-state index contributed by atoms with van der Waals surface area (Å²) in [7, 11) is 1.56. The molecule has 0 spiro atoms. The van der Waals surface area contributed by atoms with Crippen LogP contribution in [-0.4, -0.2) is 19.2 Å². The Labute approximate surface area is 188 Å². The fourth-order valence-corrected chi connectivity index (χ4v) is 3.54. The van der Waals surface area contributed by atoms with Gasteiger partial charge in [0.25, 0.3) is 5.91 Å². The third-order valence-corrected chi connectivity index (χ3v) is 5.31. The smallest absolute Gasteiger partial charge is 0.271 e. The average Bonchev–Trinajstić information content (AvgIpc) is 2.74. The minimum atomic E-state index is -0.268. The van der Waals surface area contributed by atoms with Crippen LogP contribution in [0.4, 0.5) is 0 Å². The van der Waals surface area contributed by atoms with Crippen molar-refractivity contribution in [2.75, 3.05) is 7.11 Å². The first-order valence-corrected chi connectivity index (χ1v) is 10.3. The van der Waals surface area contributed by atoms with E-state index in [1.54, 1.807) is 25.5 Å². The quantitative estimate of drug-likeness (QED) is 0.340. The van der Waals surface area contributed by atoms with Crippen LogP contribution in [0.1, 0.15) is 27.0 Å². The maximum atomic E-state index is 12.3. The molecular formula is C23H20BrClN2O3. The first kappa shape index (κ1) is 21.9. The van der Waals surface area contributed by atoms with Crippen LogP contribution < -0.4 is 14.9 Å². The van der Waals surface area contributed by atoms with Crippen molar-refractivity contribution in [1.29, 1.82) is 0 Å². The van der Waals surface area contributed by atoms with E-state index in [0.29, 0.717) is 33.2 Å². The maximum absolute atomic E-state index is 12.3. The monoisotopic (exact) mass is 486 g/mol. The normalized spacial score (nSPS) is 10.8. The lowest BCUT2D eigenvalue weighted by Crippen LogP contribution is -2.18. The van der Waals surface area contributed by atoms with Crippen LogP contribution in [-0.2, 0) is 6.61 Å². The molecule has 0 unspecified atom stereocenters. The number of halogens is 2. The van der Waals surface area contributed by atoms with Gasteiger partial charge in [0, 0.05) is 16.1 Å². The maximum Gasteiger partial charge on any atom is 0.271 e. The number of methoxy groups -OCH3 is 1. The summed E-state index contributed by atoms with van der Waals surface area (Å²) in [6.07, 6.45) is 1.54. The van der Waals surface area contributed by atoms with Gasteiger partial charge < -0.3 is 9.47 Å². The van der Waals surface area contributed by atoms with Crippen LogP contribution in [0.2, 0.25) is 5.02 Å². The van der Waals surface area contributed by atoms with Crippen molar-refractivity contribution >= 4 is 39.7 Å². The van der Waals surface area contributed by atoms with Crippen LogP contribution >= 0.6 is 27.5 Å². The number of hydrogen-bond donors (Lipinski definition) is 1. The molecule has 0 saturated carbocycles. The van der Waals surface area contributed by atoms with Crippen molar-refractivity contribution in [3.63, 3.8) is 0 Å². The zero-order chi connectivity index (χ0) is 21.5. The van der Waals surface area contributed by atoms with Gasteiger partial charge in [-0.3, -0.25) is 4.79 Å². The molecule has 0 saturated heterocycles. The summed E-state index contributed by atoms with van der Waals surface area (Å²) in [5, 5.41) is 4.69. The Kier molecular flexibility index (Phi) is 7.49. The van der Waals surface area contributed by atoms with E-state index in [-0.39, 0.29) is 5.91 Å². The first-order valence-electron chi connectivity index (χ1n) is 9.12. The molecule has 0 radical (unpaired) electrons. The fourth-order valence-electron chi connectivity index (χ4n) is 2.77. The molecule has 3 rings (SSSR count). The van der Waals surface area contributed by atoms with Crippen LogP contribution in [0.3, 0.4) is 0 Å². The summed E-state index contributed by atoms with van der Waals surface area (Å²) in [6, 6.07) is 18.4. The minimum Gasteiger partial charge on any atom is -0.493 e. The largest absolute Gasteiger partial charge is 0.493 e.